The Morgan fingerprint density at radius 1 is 1.00 bits per heavy atom. The number of amides is 1. The molecule has 0 N–H and O–H groups in total. The molecule has 1 aromatic carbocycles. The Hall–Kier alpha value is -2.56. The van der Waals surface area contributed by atoms with Gasteiger partial charge >= 0.3 is 0 Å². The lowest BCUT2D eigenvalue weighted by Gasteiger charge is -2.24. The minimum Gasteiger partial charge on any atom is -0.497 e. The van der Waals surface area contributed by atoms with Crippen LogP contribution in [0.25, 0.3) is 0 Å². The molecule has 1 fully saturated rings. The summed E-state index contributed by atoms with van der Waals surface area (Å²) in [6, 6.07) is 11.9. The maximum atomic E-state index is 12.9. The lowest BCUT2D eigenvalue weighted by atomic mass is 10.1. The molecule has 3 rings (SSSR count). The Labute approximate surface area is 149 Å². The van der Waals surface area contributed by atoms with E-state index in [4.69, 9.17) is 4.74 Å². The molecule has 1 saturated heterocycles. The zero-order chi connectivity index (χ0) is 17.8. The molecule has 1 aromatic heterocycles. The molecule has 5 nitrogen and oxygen atoms in total. The number of nitrogens with zero attached hydrogens (tertiary/aromatic N) is 3. The monoisotopic (exact) mass is 339 g/mol. The Kier molecular flexibility index (Phi) is 5.22. The number of methoxy groups -OCH3 is 1. The van der Waals surface area contributed by atoms with Gasteiger partial charge in [0, 0.05) is 37.6 Å². The van der Waals surface area contributed by atoms with Gasteiger partial charge in [-0.2, -0.15) is 0 Å². The Morgan fingerprint density at radius 3 is 2.44 bits per heavy atom. The van der Waals surface area contributed by atoms with Gasteiger partial charge in [0.2, 0.25) is 0 Å². The topological polar surface area (TPSA) is 45.7 Å². The maximum Gasteiger partial charge on any atom is 0.255 e. The van der Waals surface area contributed by atoms with Crippen LogP contribution in [-0.4, -0.2) is 49.1 Å². The lowest BCUT2D eigenvalue weighted by molar-refractivity contribution is 0.0766. The normalized spacial score (nSPS) is 15.0. The molecular formula is C20H25N3O2. The third-order valence-electron chi connectivity index (χ3n) is 4.68. The van der Waals surface area contributed by atoms with Crippen molar-refractivity contribution in [3.05, 3.63) is 53.3 Å². The minimum atomic E-state index is 0.0848. The van der Waals surface area contributed by atoms with E-state index in [9.17, 15) is 4.79 Å². The van der Waals surface area contributed by atoms with Gasteiger partial charge in [0.15, 0.2) is 0 Å². The van der Waals surface area contributed by atoms with Gasteiger partial charge < -0.3 is 14.5 Å². The van der Waals surface area contributed by atoms with E-state index in [-0.39, 0.29) is 5.91 Å². The molecule has 0 unspecified atom stereocenters. The summed E-state index contributed by atoms with van der Waals surface area (Å²) in [4.78, 5) is 21.6. The van der Waals surface area contributed by atoms with Crippen molar-refractivity contribution in [1.29, 1.82) is 0 Å². The van der Waals surface area contributed by atoms with Crippen LogP contribution < -0.4 is 9.64 Å². The van der Waals surface area contributed by atoms with E-state index in [1.165, 1.54) is 5.69 Å². The average Bonchev–Trinajstić information content (AvgIpc) is 2.87. The van der Waals surface area contributed by atoms with Gasteiger partial charge in [-0.05, 0) is 56.7 Å². The summed E-state index contributed by atoms with van der Waals surface area (Å²) < 4.78 is 5.22. The first-order chi connectivity index (χ1) is 12.1. The van der Waals surface area contributed by atoms with Crippen LogP contribution in [0.1, 0.15) is 28.2 Å². The molecule has 5 heteroatoms. The zero-order valence-electron chi connectivity index (χ0n) is 15.2. The van der Waals surface area contributed by atoms with E-state index in [0.29, 0.717) is 5.56 Å². The Balaban J connectivity index is 1.69. The molecule has 0 saturated carbocycles. The molecule has 0 bridgehead atoms. The third kappa shape index (κ3) is 3.92. The molecule has 0 aliphatic carbocycles. The number of anilines is 1. The van der Waals surface area contributed by atoms with E-state index < -0.39 is 0 Å². The number of carbonyl (C=O) groups excluding carboxylic acids is 1. The largest absolute Gasteiger partial charge is 0.497 e. The van der Waals surface area contributed by atoms with Gasteiger partial charge in [0.25, 0.3) is 5.91 Å². The first-order valence-electron chi connectivity index (χ1n) is 8.71. The molecule has 132 valence electrons. The summed E-state index contributed by atoms with van der Waals surface area (Å²) in [5, 5.41) is 0. The standard InChI is InChI=1S/C20H25N3O2/c1-15-5-10-19(16(2)21-15)20(24)23-12-4-11-22(13-14-23)17-6-8-18(25-3)9-7-17/h5-10H,4,11-14H2,1-3H3. The van der Waals surface area contributed by atoms with Crippen LogP contribution in [0.4, 0.5) is 5.69 Å². The number of carbonyl (C=O) groups is 1. The highest BCUT2D eigenvalue weighted by Crippen LogP contribution is 2.21. The van der Waals surface area contributed by atoms with E-state index in [1.807, 2.05) is 43.0 Å². The van der Waals surface area contributed by atoms with Gasteiger partial charge in [-0.1, -0.05) is 0 Å². The number of aryl methyl sites for hydroxylation is 2. The second-order valence-corrected chi connectivity index (χ2v) is 6.42. The fourth-order valence-corrected chi connectivity index (χ4v) is 3.25. The molecule has 2 heterocycles. The Morgan fingerprint density at radius 2 is 1.76 bits per heavy atom. The van der Waals surface area contributed by atoms with Gasteiger partial charge in [0.05, 0.1) is 18.4 Å². The van der Waals surface area contributed by atoms with Gasteiger partial charge in [-0.15, -0.1) is 0 Å². The molecular weight excluding hydrogens is 314 g/mol. The molecule has 1 amide bonds. The SMILES string of the molecule is COc1ccc(N2CCCN(C(=O)c3ccc(C)nc3C)CC2)cc1. The van der Waals surface area contributed by atoms with E-state index in [2.05, 4.69) is 22.0 Å². The molecule has 0 radical (unpaired) electrons. The first kappa shape index (κ1) is 17.3. The lowest BCUT2D eigenvalue weighted by Crippen LogP contribution is -2.35. The number of hydrogen-bond acceptors (Lipinski definition) is 4. The van der Waals surface area contributed by atoms with Crippen molar-refractivity contribution in [3.63, 3.8) is 0 Å². The van der Waals surface area contributed by atoms with E-state index in [1.54, 1.807) is 7.11 Å². The van der Waals surface area contributed by atoms with Crippen LogP contribution in [0.2, 0.25) is 0 Å². The number of benzene rings is 1. The molecule has 2 aromatic rings. The second-order valence-electron chi connectivity index (χ2n) is 6.42. The highest BCUT2D eigenvalue weighted by molar-refractivity contribution is 5.95. The van der Waals surface area contributed by atoms with Crippen molar-refractivity contribution in [2.24, 2.45) is 0 Å². The van der Waals surface area contributed by atoms with Crippen molar-refractivity contribution in [1.82, 2.24) is 9.88 Å². The third-order valence-corrected chi connectivity index (χ3v) is 4.68. The summed E-state index contributed by atoms with van der Waals surface area (Å²) in [7, 11) is 1.67. The fraction of sp³-hybridized carbons (Fsp3) is 0.400. The predicted molar refractivity (Wildman–Crippen MR) is 99.4 cm³/mol. The van der Waals surface area contributed by atoms with Crippen molar-refractivity contribution in [3.8, 4) is 5.75 Å². The van der Waals surface area contributed by atoms with Crippen molar-refractivity contribution in [2.75, 3.05) is 38.2 Å². The molecule has 1 aliphatic rings. The molecule has 1 aliphatic heterocycles. The number of rotatable bonds is 3. The van der Waals surface area contributed by atoms with Crippen LogP contribution in [0.5, 0.6) is 5.75 Å². The van der Waals surface area contributed by atoms with Gasteiger partial charge in [-0.25, -0.2) is 0 Å². The van der Waals surface area contributed by atoms with Crippen molar-refractivity contribution < 1.29 is 9.53 Å². The minimum absolute atomic E-state index is 0.0848. The van der Waals surface area contributed by atoms with E-state index >= 15 is 0 Å². The van der Waals surface area contributed by atoms with Crippen LogP contribution in [-0.2, 0) is 0 Å². The second kappa shape index (κ2) is 7.55. The molecule has 0 spiro atoms. The van der Waals surface area contributed by atoms with Crippen molar-refractivity contribution in [2.45, 2.75) is 20.3 Å². The van der Waals surface area contributed by atoms with Crippen LogP contribution >= 0.6 is 0 Å². The Bertz CT molecular complexity index is 743. The predicted octanol–water partition coefficient (Wildman–Crippen LogP) is 3.06. The summed E-state index contributed by atoms with van der Waals surface area (Å²) >= 11 is 0. The van der Waals surface area contributed by atoms with E-state index in [0.717, 1.165) is 49.7 Å². The summed E-state index contributed by atoms with van der Waals surface area (Å²) in [5.41, 5.74) is 3.63. The average molecular weight is 339 g/mol. The highest BCUT2D eigenvalue weighted by atomic mass is 16.5. The van der Waals surface area contributed by atoms with Crippen LogP contribution in [0, 0.1) is 13.8 Å². The smallest absolute Gasteiger partial charge is 0.255 e. The quantitative estimate of drug-likeness (QED) is 0.862. The molecule has 0 atom stereocenters. The highest BCUT2D eigenvalue weighted by Gasteiger charge is 2.22. The number of aromatic nitrogens is 1. The summed E-state index contributed by atoms with van der Waals surface area (Å²) in [6.07, 6.45) is 0.954. The number of ether oxygens (including phenoxy) is 1. The number of pyridine rings is 1. The maximum absolute atomic E-state index is 12.9. The summed E-state index contributed by atoms with van der Waals surface area (Å²) in [5.74, 6) is 0.944. The van der Waals surface area contributed by atoms with Gasteiger partial charge in [-0.3, -0.25) is 9.78 Å². The number of hydrogen-bond donors (Lipinski definition) is 0. The first-order valence-corrected chi connectivity index (χ1v) is 8.71. The van der Waals surface area contributed by atoms with Gasteiger partial charge in [0.1, 0.15) is 5.75 Å². The van der Waals surface area contributed by atoms with Crippen molar-refractivity contribution >= 4 is 11.6 Å². The van der Waals surface area contributed by atoms with Crippen LogP contribution in [0.15, 0.2) is 36.4 Å². The van der Waals surface area contributed by atoms with Crippen LogP contribution in [0.3, 0.4) is 0 Å². The fourth-order valence-electron chi connectivity index (χ4n) is 3.25. The zero-order valence-corrected chi connectivity index (χ0v) is 15.2. The molecule has 25 heavy (non-hydrogen) atoms. The summed E-state index contributed by atoms with van der Waals surface area (Å²) in [6.45, 7) is 7.12.